The Morgan fingerprint density at radius 3 is 2.30 bits per heavy atom. The summed E-state index contributed by atoms with van der Waals surface area (Å²) in [5.41, 5.74) is -0.907. The van der Waals surface area contributed by atoms with Crippen LogP contribution in [-0.4, -0.2) is 33.2 Å². The molecule has 110 valence electrons. The van der Waals surface area contributed by atoms with Crippen molar-refractivity contribution in [2.45, 2.75) is 31.3 Å². The molecule has 1 rings (SSSR count). The van der Waals surface area contributed by atoms with Crippen LogP contribution >= 0.6 is 0 Å². The lowest BCUT2D eigenvalue weighted by Crippen LogP contribution is -2.22. The van der Waals surface area contributed by atoms with Gasteiger partial charge < -0.3 is 9.84 Å². The maximum Gasteiger partial charge on any atom is 0.442 e. The van der Waals surface area contributed by atoms with Crippen molar-refractivity contribution in [2.75, 3.05) is 6.26 Å². The quantitative estimate of drug-likeness (QED) is 0.906. The SMILES string of the molecule is CC(C)(C)OC(=O)N=S(C)(=O)c1ccccc1C(=O)O. The molecule has 0 aromatic heterocycles. The van der Waals surface area contributed by atoms with Gasteiger partial charge in [-0.05, 0) is 32.9 Å². The van der Waals surface area contributed by atoms with Gasteiger partial charge >= 0.3 is 12.1 Å². The first-order chi connectivity index (χ1) is 9.03. The number of carboxylic acids is 1. The topological polar surface area (TPSA) is 93.0 Å². The standard InChI is InChI=1S/C13H17NO5S/c1-13(2,3)19-12(17)14-20(4,18)10-8-6-5-7-9(10)11(15)16/h5-8H,1-4H3,(H,15,16). The Morgan fingerprint density at radius 1 is 1.25 bits per heavy atom. The van der Waals surface area contributed by atoms with E-state index in [2.05, 4.69) is 4.36 Å². The van der Waals surface area contributed by atoms with E-state index in [1.165, 1.54) is 30.5 Å². The third-order valence-corrected chi connectivity index (χ3v) is 3.84. The van der Waals surface area contributed by atoms with Crippen LogP contribution in [0.2, 0.25) is 0 Å². The minimum Gasteiger partial charge on any atom is -0.478 e. The number of carboxylic acid groups (broad SMARTS) is 1. The van der Waals surface area contributed by atoms with Gasteiger partial charge in [0, 0.05) is 6.26 Å². The minimum absolute atomic E-state index is 0.00152. The Bertz CT molecular complexity index is 651. The summed E-state index contributed by atoms with van der Waals surface area (Å²) < 4.78 is 21.0. The first-order valence-corrected chi connectivity index (χ1v) is 7.73. The van der Waals surface area contributed by atoms with Crippen LogP contribution in [-0.2, 0) is 14.5 Å². The monoisotopic (exact) mass is 299 g/mol. The highest BCUT2D eigenvalue weighted by molar-refractivity contribution is 7.93. The van der Waals surface area contributed by atoms with E-state index in [1.807, 2.05) is 0 Å². The summed E-state index contributed by atoms with van der Waals surface area (Å²) in [6.07, 6.45) is 0.226. The molecule has 1 aromatic rings. The number of hydrogen-bond acceptors (Lipinski definition) is 4. The van der Waals surface area contributed by atoms with Gasteiger partial charge in [-0.1, -0.05) is 12.1 Å². The predicted octanol–water partition coefficient (Wildman–Crippen LogP) is 2.78. The molecule has 0 aliphatic carbocycles. The van der Waals surface area contributed by atoms with E-state index in [0.717, 1.165) is 0 Å². The Labute approximate surface area is 117 Å². The molecule has 0 aliphatic heterocycles. The zero-order valence-corrected chi connectivity index (χ0v) is 12.6. The van der Waals surface area contributed by atoms with Crippen LogP contribution in [0, 0.1) is 0 Å². The summed E-state index contributed by atoms with van der Waals surface area (Å²) in [6.45, 7) is 4.97. The van der Waals surface area contributed by atoms with Crippen molar-refractivity contribution in [3.8, 4) is 0 Å². The number of carbonyl (C=O) groups is 2. The van der Waals surface area contributed by atoms with Crippen molar-refractivity contribution >= 4 is 21.8 Å². The van der Waals surface area contributed by atoms with Gasteiger partial charge in [-0.3, -0.25) is 0 Å². The van der Waals surface area contributed by atoms with Crippen LogP contribution < -0.4 is 0 Å². The number of rotatable bonds is 2. The average molecular weight is 299 g/mol. The van der Waals surface area contributed by atoms with Gasteiger partial charge in [0.1, 0.15) is 5.60 Å². The Kier molecular flexibility index (Phi) is 4.54. The molecule has 1 N–H and O–H groups in total. The maximum absolute atomic E-state index is 12.5. The molecule has 0 fully saturated rings. The van der Waals surface area contributed by atoms with Gasteiger partial charge in [0.25, 0.3) is 0 Å². The number of nitrogens with zero attached hydrogens (tertiary/aromatic N) is 1. The highest BCUT2D eigenvalue weighted by Gasteiger charge is 2.21. The third kappa shape index (κ3) is 4.34. The van der Waals surface area contributed by atoms with Crippen LogP contribution in [0.25, 0.3) is 0 Å². The fraction of sp³-hybridized carbons (Fsp3) is 0.385. The lowest BCUT2D eigenvalue weighted by molar-refractivity contribution is 0.0605. The number of aromatic carboxylic acids is 1. The summed E-state index contributed by atoms with van der Waals surface area (Å²) in [5, 5.41) is 9.07. The fourth-order valence-corrected chi connectivity index (χ4v) is 2.76. The van der Waals surface area contributed by atoms with Gasteiger partial charge in [0.15, 0.2) is 0 Å². The lowest BCUT2D eigenvalue weighted by atomic mass is 10.2. The largest absolute Gasteiger partial charge is 0.478 e. The lowest BCUT2D eigenvalue weighted by Gasteiger charge is -2.17. The molecule has 1 amide bonds. The van der Waals surface area contributed by atoms with Gasteiger partial charge in [-0.25, -0.2) is 13.8 Å². The van der Waals surface area contributed by atoms with Gasteiger partial charge in [0.05, 0.1) is 20.2 Å². The van der Waals surface area contributed by atoms with E-state index in [-0.39, 0.29) is 10.5 Å². The Hall–Kier alpha value is -1.89. The Morgan fingerprint density at radius 2 is 1.80 bits per heavy atom. The van der Waals surface area contributed by atoms with Crippen molar-refractivity contribution in [1.82, 2.24) is 0 Å². The van der Waals surface area contributed by atoms with Crippen molar-refractivity contribution in [3.63, 3.8) is 0 Å². The molecule has 0 saturated carbocycles. The van der Waals surface area contributed by atoms with Crippen LogP contribution in [0.1, 0.15) is 31.1 Å². The number of carbonyl (C=O) groups excluding carboxylic acids is 1. The van der Waals surface area contributed by atoms with Crippen molar-refractivity contribution in [1.29, 1.82) is 0 Å². The van der Waals surface area contributed by atoms with Crippen LogP contribution in [0.4, 0.5) is 4.79 Å². The summed E-state index contributed by atoms with van der Waals surface area (Å²) >= 11 is 0. The Balaban J connectivity index is 3.27. The molecular weight excluding hydrogens is 282 g/mol. The molecular formula is C13H17NO5S. The summed E-state index contributed by atoms with van der Waals surface area (Å²) in [6, 6.07) is 5.73. The van der Waals surface area contributed by atoms with E-state index in [0.29, 0.717) is 0 Å². The molecule has 0 bridgehead atoms. The molecule has 0 aliphatic rings. The molecule has 20 heavy (non-hydrogen) atoms. The van der Waals surface area contributed by atoms with Gasteiger partial charge in [-0.2, -0.15) is 0 Å². The zero-order valence-electron chi connectivity index (χ0n) is 11.7. The fourth-order valence-electron chi connectivity index (χ4n) is 1.45. The first-order valence-electron chi connectivity index (χ1n) is 5.80. The van der Waals surface area contributed by atoms with Crippen molar-refractivity contribution < 1.29 is 23.6 Å². The van der Waals surface area contributed by atoms with Gasteiger partial charge in [-0.15, -0.1) is 4.36 Å². The normalized spacial score (nSPS) is 14.2. The van der Waals surface area contributed by atoms with E-state index < -0.39 is 27.4 Å². The molecule has 1 aromatic carbocycles. The van der Waals surface area contributed by atoms with E-state index in [1.54, 1.807) is 20.8 Å². The van der Waals surface area contributed by atoms with Crippen LogP contribution in [0.3, 0.4) is 0 Å². The van der Waals surface area contributed by atoms with Crippen molar-refractivity contribution in [3.05, 3.63) is 29.8 Å². The second kappa shape index (κ2) is 5.62. The van der Waals surface area contributed by atoms with E-state index >= 15 is 0 Å². The third-order valence-electron chi connectivity index (χ3n) is 2.17. The smallest absolute Gasteiger partial charge is 0.442 e. The molecule has 1 unspecified atom stereocenters. The zero-order chi connectivity index (χ0) is 15.6. The van der Waals surface area contributed by atoms with Gasteiger partial charge in [0.2, 0.25) is 0 Å². The molecule has 0 radical (unpaired) electrons. The number of ether oxygens (including phenoxy) is 1. The second-order valence-corrected chi connectivity index (χ2v) is 7.40. The summed E-state index contributed by atoms with van der Waals surface area (Å²) in [7, 11) is -3.19. The predicted molar refractivity (Wildman–Crippen MR) is 74.4 cm³/mol. The molecule has 1 atom stereocenters. The first kappa shape index (κ1) is 16.2. The molecule has 6 nitrogen and oxygen atoms in total. The van der Waals surface area contributed by atoms with Crippen LogP contribution in [0.5, 0.6) is 0 Å². The average Bonchev–Trinajstić information content (AvgIpc) is 2.25. The van der Waals surface area contributed by atoms with Crippen molar-refractivity contribution in [2.24, 2.45) is 4.36 Å². The molecule has 0 heterocycles. The highest BCUT2D eigenvalue weighted by Crippen LogP contribution is 2.18. The molecule has 0 spiro atoms. The molecule has 0 saturated heterocycles. The summed E-state index contributed by atoms with van der Waals surface area (Å²) in [5.74, 6) is -1.23. The number of amides is 1. The molecule has 7 heteroatoms. The maximum atomic E-state index is 12.5. The van der Waals surface area contributed by atoms with Crippen LogP contribution in [0.15, 0.2) is 33.5 Å². The number of benzene rings is 1. The highest BCUT2D eigenvalue weighted by atomic mass is 32.2. The van der Waals surface area contributed by atoms with E-state index in [9.17, 15) is 13.8 Å². The number of hydrogen-bond donors (Lipinski definition) is 1. The second-order valence-electron chi connectivity index (χ2n) is 5.18. The minimum atomic E-state index is -3.19. The van der Waals surface area contributed by atoms with E-state index in [4.69, 9.17) is 9.84 Å². The summed E-state index contributed by atoms with van der Waals surface area (Å²) in [4.78, 5) is 22.7.